The molecular weight excluding hydrogens is 431 g/mol. The Hall–Kier alpha value is -0.570. The summed E-state index contributed by atoms with van der Waals surface area (Å²) >= 11 is 0. The zero-order valence-corrected chi connectivity index (χ0v) is 19.0. The predicted molar refractivity (Wildman–Crippen MR) is 117 cm³/mol. The van der Waals surface area contributed by atoms with E-state index < -0.39 is 0 Å². The third kappa shape index (κ3) is 11.6. The van der Waals surface area contributed by atoms with Crippen molar-refractivity contribution in [1.82, 2.24) is 16.0 Å². The van der Waals surface area contributed by atoms with Crippen molar-refractivity contribution >= 4 is 35.8 Å². The Kier molecular flexibility index (Phi) is 16.7. The fourth-order valence-corrected chi connectivity index (χ4v) is 2.48. The Morgan fingerprint density at radius 3 is 2.28 bits per heavy atom. The molecule has 4 N–H and O–H groups in total. The van der Waals surface area contributed by atoms with Crippen LogP contribution in [-0.2, 0) is 4.79 Å². The van der Waals surface area contributed by atoms with Gasteiger partial charge in [-0.3, -0.25) is 9.79 Å². The van der Waals surface area contributed by atoms with Crippen LogP contribution >= 0.6 is 24.0 Å². The number of carbonyl (C=O) groups excluding carboxylic acids is 1. The second kappa shape index (κ2) is 15.7. The number of hydrogen-bond acceptors (Lipinski definition) is 3. The molecule has 0 fully saturated rings. The van der Waals surface area contributed by atoms with Gasteiger partial charge in [-0.15, -0.1) is 24.0 Å². The van der Waals surface area contributed by atoms with Gasteiger partial charge in [0, 0.05) is 38.7 Å². The Morgan fingerprint density at radius 1 is 1.16 bits per heavy atom. The molecular formula is C18H39IN4O2. The van der Waals surface area contributed by atoms with Crippen LogP contribution in [0.4, 0.5) is 0 Å². The molecule has 0 heterocycles. The van der Waals surface area contributed by atoms with Crippen LogP contribution in [0.3, 0.4) is 0 Å². The summed E-state index contributed by atoms with van der Waals surface area (Å²) in [4.78, 5) is 16.5. The maximum atomic E-state index is 11.8. The van der Waals surface area contributed by atoms with Crippen molar-refractivity contribution in [1.29, 1.82) is 0 Å². The average Bonchev–Trinajstić information content (AvgIpc) is 2.58. The topological polar surface area (TPSA) is 85.8 Å². The Bertz CT molecular complexity index is 374. The molecule has 7 heteroatoms. The summed E-state index contributed by atoms with van der Waals surface area (Å²) in [7, 11) is 0. The van der Waals surface area contributed by atoms with Crippen LogP contribution in [0.15, 0.2) is 4.99 Å². The predicted octanol–water partition coefficient (Wildman–Crippen LogP) is 2.65. The van der Waals surface area contributed by atoms with E-state index >= 15 is 0 Å². The number of rotatable bonds is 12. The number of nitrogens with one attached hydrogen (secondary N) is 3. The zero-order chi connectivity index (χ0) is 18.4. The van der Waals surface area contributed by atoms with Gasteiger partial charge in [-0.05, 0) is 44.9 Å². The first kappa shape index (κ1) is 26.7. The average molecular weight is 470 g/mol. The van der Waals surface area contributed by atoms with E-state index in [0.29, 0.717) is 19.5 Å². The number of carbonyl (C=O) groups is 1. The largest absolute Gasteiger partial charge is 0.396 e. The van der Waals surface area contributed by atoms with Gasteiger partial charge in [-0.1, -0.05) is 20.8 Å². The number of hydrogen-bond donors (Lipinski definition) is 4. The van der Waals surface area contributed by atoms with Crippen LogP contribution in [0.2, 0.25) is 0 Å². The van der Waals surface area contributed by atoms with Crippen molar-refractivity contribution in [2.75, 3.05) is 26.2 Å². The summed E-state index contributed by atoms with van der Waals surface area (Å²) < 4.78 is 0. The molecule has 1 atom stereocenters. The van der Waals surface area contributed by atoms with Crippen LogP contribution in [0, 0.1) is 5.41 Å². The summed E-state index contributed by atoms with van der Waals surface area (Å²) in [6, 6.07) is 0.215. The lowest BCUT2D eigenvalue weighted by molar-refractivity contribution is -0.121. The minimum atomic E-state index is 0. The highest BCUT2D eigenvalue weighted by Crippen LogP contribution is 2.30. The molecule has 0 saturated heterocycles. The molecule has 0 spiro atoms. The molecule has 1 unspecified atom stereocenters. The highest BCUT2D eigenvalue weighted by atomic mass is 127. The maximum absolute atomic E-state index is 11.8. The van der Waals surface area contributed by atoms with E-state index in [0.717, 1.165) is 38.2 Å². The Labute approximate surface area is 171 Å². The van der Waals surface area contributed by atoms with Gasteiger partial charge in [0.05, 0.1) is 0 Å². The molecule has 0 aliphatic carbocycles. The molecule has 0 aliphatic heterocycles. The molecule has 0 aromatic carbocycles. The second-order valence-electron chi connectivity index (χ2n) is 6.43. The van der Waals surface area contributed by atoms with Crippen LogP contribution in [0.1, 0.15) is 66.7 Å². The van der Waals surface area contributed by atoms with Gasteiger partial charge in [0.1, 0.15) is 0 Å². The fraction of sp³-hybridized carbons (Fsp3) is 0.889. The molecule has 25 heavy (non-hydrogen) atoms. The lowest BCUT2D eigenvalue weighted by Gasteiger charge is -2.29. The second-order valence-corrected chi connectivity index (χ2v) is 6.43. The van der Waals surface area contributed by atoms with E-state index in [-0.39, 0.29) is 47.9 Å². The highest BCUT2D eigenvalue weighted by Gasteiger charge is 2.25. The molecule has 1 amide bonds. The number of aliphatic imine (C=N–C) groups is 1. The van der Waals surface area contributed by atoms with Crippen molar-refractivity contribution in [2.24, 2.45) is 10.4 Å². The van der Waals surface area contributed by atoms with Gasteiger partial charge < -0.3 is 21.1 Å². The molecule has 0 radical (unpaired) electrons. The fourth-order valence-electron chi connectivity index (χ4n) is 2.48. The van der Waals surface area contributed by atoms with Gasteiger partial charge in [0.15, 0.2) is 5.96 Å². The number of guanidine groups is 1. The van der Waals surface area contributed by atoms with Gasteiger partial charge in [0.2, 0.25) is 5.91 Å². The number of aliphatic hydroxyl groups is 1. The van der Waals surface area contributed by atoms with E-state index in [1.165, 1.54) is 0 Å². The molecule has 0 aromatic rings. The van der Waals surface area contributed by atoms with Gasteiger partial charge in [0.25, 0.3) is 0 Å². The smallest absolute Gasteiger partial charge is 0.221 e. The first-order valence-corrected chi connectivity index (χ1v) is 9.39. The molecule has 0 saturated carbocycles. The van der Waals surface area contributed by atoms with Crippen molar-refractivity contribution in [2.45, 2.75) is 72.8 Å². The number of aliphatic hydroxyl groups excluding tert-OH is 1. The standard InChI is InChI=1S/C18H38N4O2.HI/c1-6-15(5)22-16(24)10-12-20-17(19-9-4)21-14-18(7-2,8-3)11-13-23;/h15,23H,6-14H2,1-5H3,(H,22,24)(H2,19,20,21);1H. The van der Waals surface area contributed by atoms with Crippen molar-refractivity contribution < 1.29 is 9.90 Å². The molecule has 0 aliphatic rings. The summed E-state index contributed by atoms with van der Waals surface area (Å²) in [5.74, 6) is 0.794. The minimum Gasteiger partial charge on any atom is -0.396 e. The van der Waals surface area contributed by atoms with Crippen LogP contribution < -0.4 is 16.0 Å². The monoisotopic (exact) mass is 470 g/mol. The summed E-state index contributed by atoms with van der Waals surface area (Å²) in [6.07, 6.45) is 4.11. The van der Waals surface area contributed by atoms with E-state index in [1.54, 1.807) is 0 Å². The molecule has 0 bridgehead atoms. The maximum Gasteiger partial charge on any atom is 0.221 e. The first-order chi connectivity index (χ1) is 11.5. The zero-order valence-electron chi connectivity index (χ0n) is 16.7. The third-order valence-corrected chi connectivity index (χ3v) is 4.72. The van der Waals surface area contributed by atoms with Gasteiger partial charge >= 0.3 is 0 Å². The van der Waals surface area contributed by atoms with Crippen LogP contribution in [0.25, 0.3) is 0 Å². The van der Waals surface area contributed by atoms with E-state index in [4.69, 9.17) is 0 Å². The minimum absolute atomic E-state index is 0. The molecule has 0 rings (SSSR count). The molecule has 0 aromatic heterocycles. The van der Waals surface area contributed by atoms with Crippen molar-refractivity contribution in [3.8, 4) is 0 Å². The quantitative estimate of drug-likeness (QED) is 0.201. The number of halogens is 1. The molecule has 150 valence electrons. The van der Waals surface area contributed by atoms with E-state index in [9.17, 15) is 9.90 Å². The lowest BCUT2D eigenvalue weighted by atomic mass is 9.79. The summed E-state index contributed by atoms with van der Waals surface area (Å²) in [6.45, 7) is 12.6. The Balaban J connectivity index is 0. The molecule has 6 nitrogen and oxygen atoms in total. The van der Waals surface area contributed by atoms with Gasteiger partial charge in [-0.2, -0.15) is 0 Å². The van der Waals surface area contributed by atoms with Gasteiger partial charge in [-0.25, -0.2) is 0 Å². The summed E-state index contributed by atoms with van der Waals surface area (Å²) in [5.41, 5.74) is 0.0467. The van der Waals surface area contributed by atoms with E-state index in [1.807, 2.05) is 13.8 Å². The normalized spacial score (nSPS) is 13.0. The van der Waals surface area contributed by atoms with E-state index in [2.05, 4.69) is 41.7 Å². The van der Waals surface area contributed by atoms with Crippen molar-refractivity contribution in [3.05, 3.63) is 0 Å². The van der Waals surface area contributed by atoms with Crippen LogP contribution in [-0.4, -0.2) is 49.3 Å². The van der Waals surface area contributed by atoms with Crippen molar-refractivity contribution in [3.63, 3.8) is 0 Å². The lowest BCUT2D eigenvalue weighted by Crippen LogP contribution is -2.41. The Morgan fingerprint density at radius 2 is 1.80 bits per heavy atom. The number of nitrogens with zero attached hydrogens (tertiary/aromatic N) is 1. The third-order valence-electron chi connectivity index (χ3n) is 4.72. The summed E-state index contributed by atoms with van der Waals surface area (Å²) in [5, 5.41) is 18.7. The first-order valence-electron chi connectivity index (χ1n) is 9.39. The van der Waals surface area contributed by atoms with Crippen LogP contribution in [0.5, 0.6) is 0 Å². The highest BCUT2D eigenvalue weighted by molar-refractivity contribution is 14.0. The number of amides is 1. The SMILES string of the molecule is CCNC(=NCC(CC)(CC)CCO)NCCC(=O)NC(C)CC.I.